The Hall–Kier alpha value is -4.96. The molecule has 45 heavy (non-hydrogen) atoms. The van der Waals surface area contributed by atoms with Crippen molar-refractivity contribution in [3.8, 4) is 11.3 Å². The van der Waals surface area contributed by atoms with Gasteiger partial charge in [0.05, 0.1) is 17.1 Å². The van der Waals surface area contributed by atoms with E-state index in [4.69, 9.17) is 5.73 Å². The molecular weight excluding hydrogens is 566 g/mol. The highest BCUT2D eigenvalue weighted by Gasteiger charge is 2.22. The van der Waals surface area contributed by atoms with Crippen molar-refractivity contribution in [3.63, 3.8) is 0 Å². The smallest absolute Gasteiger partial charge is 0.293 e. The summed E-state index contributed by atoms with van der Waals surface area (Å²) in [5, 5.41) is 12.3. The number of anilines is 5. The average molecular weight is 608 g/mol. The van der Waals surface area contributed by atoms with Crippen LogP contribution in [-0.4, -0.2) is 34.5 Å². The Bertz CT molecular complexity index is 1780. The molecule has 0 spiro atoms. The van der Waals surface area contributed by atoms with E-state index in [2.05, 4.69) is 47.0 Å². The third kappa shape index (κ3) is 7.24. The number of nitrogens with one attached hydrogen (secondary N) is 4. The first kappa shape index (κ1) is 31.5. The lowest BCUT2D eigenvalue weighted by Gasteiger charge is -2.22. The second kappa shape index (κ2) is 13.0. The Kier molecular flexibility index (Phi) is 9.06. The van der Waals surface area contributed by atoms with E-state index in [9.17, 15) is 14.4 Å². The minimum atomic E-state index is -0.318. The summed E-state index contributed by atoms with van der Waals surface area (Å²) in [5.74, 6) is -0.179. The molecule has 1 fully saturated rings. The number of hydrogen-bond donors (Lipinski definition) is 5. The monoisotopic (exact) mass is 607 g/mol. The van der Waals surface area contributed by atoms with E-state index in [1.165, 1.54) is 4.57 Å². The Morgan fingerprint density at radius 2 is 1.69 bits per heavy atom. The lowest BCUT2D eigenvalue weighted by Crippen LogP contribution is -2.34. The van der Waals surface area contributed by atoms with Gasteiger partial charge < -0.3 is 31.6 Å². The van der Waals surface area contributed by atoms with E-state index in [0.29, 0.717) is 34.0 Å². The molecule has 1 aliphatic heterocycles. The number of aryl methyl sites for hydroxylation is 1. The topological polar surface area (TPSA) is 143 Å². The summed E-state index contributed by atoms with van der Waals surface area (Å²) in [6, 6.07) is 18.4. The molecule has 3 aromatic carbocycles. The molecule has 234 valence electrons. The summed E-state index contributed by atoms with van der Waals surface area (Å²) in [7, 11) is 1.66. The highest BCUT2D eigenvalue weighted by Crippen LogP contribution is 2.30. The zero-order valence-electron chi connectivity index (χ0n) is 26.5. The molecule has 0 radical (unpaired) electrons. The van der Waals surface area contributed by atoms with Gasteiger partial charge in [0.1, 0.15) is 0 Å². The average Bonchev–Trinajstić information content (AvgIpc) is 3.01. The zero-order valence-corrected chi connectivity index (χ0v) is 26.5. The van der Waals surface area contributed by atoms with E-state index in [-0.39, 0.29) is 34.5 Å². The summed E-state index contributed by atoms with van der Waals surface area (Å²) in [5.41, 5.74) is 11.9. The third-order valence-electron chi connectivity index (χ3n) is 8.22. The first-order valence-corrected chi connectivity index (χ1v) is 15.2. The minimum absolute atomic E-state index is 0.00346. The molecule has 1 aromatic heterocycles. The van der Waals surface area contributed by atoms with Crippen LogP contribution in [0.2, 0.25) is 0 Å². The Morgan fingerprint density at radius 3 is 2.36 bits per heavy atom. The van der Waals surface area contributed by atoms with Crippen LogP contribution in [0, 0.1) is 12.8 Å². The van der Waals surface area contributed by atoms with Crippen LogP contribution in [0.1, 0.15) is 55.1 Å². The molecule has 1 aliphatic rings. The van der Waals surface area contributed by atoms with Crippen LogP contribution in [0.4, 0.5) is 28.6 Å². The fraction of sp³-hybridized carbons (Fsp3) is 0.314. The van der Waals surface area contributed by atoms with Gasteiger partial charge in [-0.3, -0.25) is 14.4 Å². The van der Waals surface area contributed by atoms with E-state index in [1.54, 1.807) is 31.4 Å². The molecule has 2 amide bonds. The third-order valence-corrected chi connectivity index (χ3v) is 8.22. The largest absolute Gasteiger partial charge is 0.397 e. The maximum absolute atomic E-state index is 13.1. The van der Waals surface area contributed by atoms with E-state index >= 15 is 0 Å². The summed E-state index contributed by atoms with van der Waals surface area (Å²) >= 11 is 0. The zero-order chi connectivity index (χ0) is 32.3. The van der Waals surface area contributed by atoms with Crippen molar-refractivity contribution in [2.24, 2.45) is 13.0 Å². The summed E-state index contributed by atoms with van der Waals surface area (Å²) in [4.78, 5) is 43.5. The Balaban J connectivity index is 1.35. The van der Waals surface area contributed by atoms with Gasteiger partial charge in [0.2, 0.25) is 5.91 Å². The Labute approximate surface area is 263 Å². The molecule has 1 saturated heterocycles. The number of nitrogens with two attached hydrogens (primary N) is 1. The molecule has 0 bridgehead atoms. The highest BCUT2D eigenvalue weighted by atomic mass is 16.2. The van der Waals surface area contributed by atoms with Gasteiger partial charge in [-0.1, -0.05) is 45.0 Å². The van der Waals surface area contributed by atoms with Crippen LogP contribution in [0.3, 0.4) is 0 Å². The fourth-order valence-electron chi connectivity index (χ4n) is 5.39. The van der Waals surface area contributed by atoms with Crippen molar-refractivity contribution in [1.82, 2.24) is 14.9 Å². The van der Waals surface area contributed by atoms with Gasteiger partial charge in [-0.25, -0.2) is 4.98 Å². The van der Waals surface area contributed by atoms with Crippen molar-refractivity contribution < 1.29 is 9.59 Å². The fourth-order valence-corrected chi connectivity index (χ4v) is 5.39. The number of carbonyl (C=O) groups is 2. The van der Waals surface area contributed by atoms with Crippen molar-refractivity contribution in [2.75, 3.05) is 34.8 Å². The maximum Gasteiger partial charge on any atom is 0.293 e. The first-order chi connectivity index (χ1) is 21.4. The molecule has 10 heteroatoms. The van der Waals surface area contributed by atoms with Crippen molar-refractivity contribution in [2.45, 2.75) is 46.0 Å². The van der Waals surface area contributed by atoms with Crippen molar-refractivity contribution in [1.29, 1.82) is 0 Å². The van der Waals surface area contributed by atoms with Gasteiger partial charge in [-0.15, -0.1) is 0 Å². The van der Waals surface area contributed by atoms with Gasteiger partial charge in [-0.05, 0) is 85.8 Å². The molecule has 0 atom stereocenters. The van der Waals surface area contributed by atoms with E-state index < -0.39 is 0 Å². The predicted octanol–water partition coefficient (Wildman–Crippen LogP) is 5.57. The van der Waals surface area contributed by atoms with Crippen LogP contribution in [0.25, 0.3) is 11.3 Å². The number of aromatic nitrogens is 2. The Morgan fingerprint density at radius 1 is 0.978 bits per heavy atom. The summed E-state index contributed by atoms with van der Waals surface area (Å²) in [6.07, 6.45) is 3.24. The lowest BCUT2D eigenvalue weighted by atomic mass is 9.86. The SMILES string of the molecule is Cc1c(NC(=O)c2ccc(C(C)(C)C)cc2)cccc1-c1cn(C)c(=O)c(Nc2ccc(NC(=O)C3CCNCC3)c(N)c2)n1. The van der Waals surface area contributed by atoms with Crippen LogP contribution in [0.15, 0.2) is 71.7 Å². The number of nitrogens with zero attached hydrogens (tertiary/aromatic N) is 2. The maximum atomic E-state index is 13.1. The number of hydrogen-bond acceptors (Lipinski definition) is 7. The standard InChI is InChI=1S/C35H41N7O3/c1-21-26(7-6-8-28(21)40-32(43)22-9-11-24(12-10-22)35(2,3)4)30-20-42(5)34(45)31(39-30)38-25-13-14-29(27(36)19-25)41-33(44)23-15-17-37-18-16-23/h6-14,19-20,23,37H,15-18,36H2,1-5H3,(H,38,39)(H,40,43)(H,41,44). The molecule has 2 heterocycles. The second-order valence-electron chi connectivity index (χ2n) is 12.6. The van der Waals surface area contributed by atoms with Crippen LogP contribution >= 0.6 is 0 Å². The van der Waals surface area contributed by atoms with E-state index in [0.717, 1.165) is 42.6 Å². The molecule has 5 rings (SSSR count). The van der Waals surface area contributed by atoms with E-state index in [1.807, 2.05) is 49.4 Å². The quantitative estimate of drug-likeness (QED) is 0.173. The van der Waals surface area contributed by atoms with Crippen LogP contribution < -0.4 is 32.6 Å². The van der Waals surface area contributed by atoms with Gasteiger partial charge >= 0.3 is 0 Å². The minimum Gasteiger partial charge on any atom is -0.397 e. The van der Waals surface area contributed by atoms with Gasteiger partial charge in [0.25, 0.3) is 11.5 Å². The van der Waals surface area contributed by atoms with Gasteiger partial charge in [-0.2, -0.15) is 0 Å². The molecule has 0 unspecified atom stereocenters. The van der Waals surface area contributed by atoms with Crippen LogP contribution in [0.5, 0.6) is 0 Å². The second-order valence-corrected chi connectivity index (χ2v) is 12.6. The number of amides is 2. The van der Waals surface area contributed by atoms with Gasteiger partial charge in [0, 0.05) is 41.7 Å². The number of benzene rings is 3. The number of nitrogen functional groups attached to an aromatic ring is 1. The lowest BCUT2D eigenvalue weighted by molar-refractivity contribution is -0.120. The number of piperidine rings is 1. The summed E-state index contributed by atoms with van der Waals surface area (Å²) < 4.78 is 1.46. The molecule has 6 N–H and O–H groups in total. The molecule has 0 saturated carbocycles. The summed E-state index contributed by atoms with van der Waals surface area (Å²) in [6.45, 7) is 9.95. The molecule has 4 aromatic rings. The van der Waals surface area contributed by atoms with Gasteiger partial charge in [0.15, 0.2) is 5.82 Å². The molecular formula is C35H41N7O3. The first-order valence-electron chi connectivity index (χ1n) is 15.2. The highest BCUT2D eigenvalue weighted by molar-refractivity contribution is 6.05. The predicted molar refractivity (Wildman–Crippen MR) is 181 cm³/mol. The normalized spacial score (nSPS) is 13.7. The van der Waals surface area contributed by atoms with Crippen LogP contribution in [-0.2, 0) is 17.3 Å². The molecule has 0 aliphatic carbocycles. The number of carbonyl (C=O) groups excluding carboxylic acids is 2. The number of rotatable bonds is 7. The van der Waals surface area contributed by atoms with Crippen molar-refractivity contribution in [3.05, 3.63) is 93.9 Å². The molecule has 10 nitrogen and oxygen atoms in total. The van der Waals surface area contributed by atoms with Crippen molar-refractivity contribution >= 4 is 40.4 Å².